The minimum absolute atomic E-state index is 0.0703. The van der Waals surface area contributed by atoms with Gasteiger partial charge in [0.15, 0.2) is 11.5 Å². The molecule has 0 bridgehead atoms. The number of nitrogens with zero attached hydrogens (tertiary/aromatic N) is 3. The monoisotopic (exact) mass is 528 g/mol. The molecule has 0 spiro atoms. The summed E-state index contributed by atoms with van der Waals surface area (Å²) >= 11 is 0. The molecule has 0 radical (unpaired) electrons. The lowest BCUT2D eigenvalue weighted by atomic mass is 10.0. The van der Waals surface area contributed by atoms with Crippen LogP contribution in [-0.4, -0.2) is 54.2 Å². The van der Waals surface area contributed by atoms with Crippen molar-refractivity contribution in [2.24, 2.45) is 0 Å². The number of benzene rings is 3. The summed E-state index contributed by atoms with van der Waals surface area (Å²) < 4.78 is 32.0. The molecule has 4 aromatic rings. The maximum absolute atomic E-state index is 14.5. The van der Waals surface area contributed by atoms with Gasteiger partial charge in [-0.25, -0.2) is 14.4 Å². The first-order valence-corrected chi connectivity index (χ1v) is 12.6. The summed E-state index contributed by atoms with van der Waals surface area (Å²) in [5.74, 6) is 1.84. The number of methoxy groups -OCH3 is 2. The molecule has 3 aromatic carbocycles. The van der Waals surface area contributed by atoms with Gasteiger partial charge in [-0.3, -0.25) is 4.79 Å². The summed E-state index contributed by atoms with van der Waals surface area (Å²) in [6, 6.07) is 15.7. The lowest BCUT2D eigenvalue weighted by molar-refractivity contribution is -0.127. The summed E-state index contributed by atoms with van der Waals surface area (Å²) in [6.45, 7) is 4.76. The molecule has 1 fully saturated rings. The van der Waals surface area contributed by atoms with Gasteiger partial charge in [0.05, 0.1) is 25.4 Å². The van der Waals surface area contributed by atoms with Gasteiger partial charge in [0, 0.05) is 42.9 Å². The topological polar surface area (TPSA) is 85.8 Å². The van der Waals surface area contributed by atoms with Crippen molar-refractivity contribution in [3.63, 3.8) is 0 Å². The van der Waals surface area contributed by atoms with E-state index in [9.17, 15) is 9.18 Å². The maximum Gasteiger partial charge on any atom is 0.245 e. The molecule has 0 atom stereocenters. The first-order valence-electron chi connectivity index (χ1n) is 12.6. The molecule has 200 valence electrons. The number of carbonyl (C=O) groups is 1. The van der Waals surface area contributed by atoms with Crippen molar-refractivity contribution in [1.29, 1.82) is 0 Å². The van der Waals surface area contributed by atoms with Gasteiger partial charge in [0.25, 0.3) is 0 Å². The number of nitrogens with one attached hydrogen (secondary N) is 1. The largest absolute Gasteiger partial charge is 0.495 e. The number of fused-ring (bicyclic) bond motifs is 1. The minimum atomic E-state index is -0.310. The lowest BCUT2D eigenvalue weighted by Crippen LogP contribution is -2.41. The predicted molar refractivity (Wildman–Crippen MR) is 148 cm³/mol. The molecule has 0 aliphatic carbocycles. The molecular formula is C30H29FN4O4. The van der Waals surface area contributed by atoms with E-state index in [4.69, 9.17) is 14.2 Å². The van der Waals surface area contributed by atoms with Crippen molar-refractivity contribution in [3.05, 3.63) is 79.4 Å². The van der Waals surface area contributed by atoms with Gasteiger partial charge < -0.3 is 24.4 Å². The number of anilines is 2. The number of likely N-dealkylation sites (tertiary alicyclic amines) is 1. The molecule has 39 heavy (non-hydrogen) atoms. The standard InChI is InChI=1S/C30H29FN4O4/c1-4-29(36)35-13-11-20(12-14-35)39-28-16-22-24(17-27(28)38-3)32-18-33-30(22)34-25-15-19(9-10-26(25)37-2)21-7-5-6-8-23(21)31/h4-10,15-18,20H,1,11-14H2,2-3H3,(H,32,33,34). The van der Waals surface area contributed by atoms with Crippen molar-refractivity contribution < 1.29 is 23.4 Å². The van der Waals surface area contributed by atoms with Gasteiger partial charge in [0.1, 0.15) is 29.8 Å². The Morgan fingerprint density at radius 2 is 1.79 bits per heavy atom. The Morgan fingerprint density at radius 1 is 1.03 bits per heavy atom. The van der Waals surface area contributed by atoms with Crippen LogP contribution < -0.4 is 19.5 Å². The molecule has 0 unspecified atom stereocenters. The normalized spacial score (nSPS) is 13.7. The molecule has 1 amide bonds. The maximum atomic E-state index is 14.5. The number of piperidine rings is 1. The van der Waals surface area contributed by atoms with Crippen LogP contribution >= 0.6 is 0 Å². The highest BCUT2D eigenvalue weighted by Gasteiger charge is 2.24. The molecule has 2 heterocycles. The van der Waals surface area contributed by atoms with E-state index in [0.29, 0.717) is 76.7 Å². The second-order valence-electron chi connectivity index (χ2n) is 9.11. The first kappa shape index (κ1) is 26.0. The van der Waals surface area contributed by atoms with Crippen LogP contribution in [-0.2, 0) is 4.79 Å². The highest BCUT2D eigenvalue weighted by Crippen LogP contribution is 2.38. The van der Waals surface area contributed by atoms with E-state index < -0.39 is 0 Å². The number of hydrogen-bond acceptors (Lipinski definition) is 7. The second-order valence-corrected chi connectivity index (χ2v) is 9.11. The fraction of sp³-hybridized carbons (Fsp3) is 0.233. The third-order valence-electron chi connectivity index (χ3n) is 6.78. The number of hydrogen-bond donors (Lipinski definition) is 1. The molecule has 1 saturated heterocycles. The van der Waals surface area contributed by atoms with Crippen LogP contribution in [0.25, 0.3) is 22.0 Å². The van der Waals surface area contributed by atoms with E-state index in [0.717, 1.165) is 0 Å². The molecule has 9 heteroatoms. The van der Waals surface area contributed by atoms with Crippen LogP contribution in [0.1, 0.15) is 12.8 Å². The fourth-order valence-corrected chi connectivity index (χ4v) is 4.71. The van der Waals surface area contributed by atoms with Gasteiger partial charge in [-0.05, 0) is 35.9 Å². The van der Waals surface area contributed by atoms with Crippen LogP contribution in [0, 0.1) is 5.82 Å². The number of halogens is 1. The van der Waals surface area contributed by atoms with E-state index in [2.05, 4.69) is 21.9 Å². The van der Waals surface area contributed by atoms with Crippen molar-refractivity contribution in [3.8, 4) is 28.4 Å². The molecular weight excluding hydrogens is 499 g/mol. The van der Waals surface area contributed by atoms with Crippen LogP contribution in [0.3, 0.4) is 0 Å². The third-order valence-corrected chi connectivity index (χ3v) is 6.78. The van der Waals surface area contributed by atoms with Gasteiger partial charge >= 0.3 is 0 Å². The highest BCUT2D eigenvalue weighted by atomic mass is 19.1. The van der Waals surface area contributed by atoms with Crippen molar-refractivity contribution in [1.82, 2.24) is 14.9 Å². The van der Waals surface area contributed by atoms with E-state index in [1.807, 2.05) is 18.2 Å². The fourth-order valence-electron chi connectivity index (χ4n) is 4.71. The molecule has 1 N–H and O–H groups in total. The number of rotatable bonds is 8. The Labute approximate surface area is 226 Å². The number of carbonyl (C=O) groups excluding carboxylic acids is 1. The summed E-state index contributed by atoms with van der Waals surface area (Å²) in [4.78, 5) is 22.6. The number of amides is 1. The molecule has 1 aliphatic heterocycles. The van der Waals surface area contributed by atoms with Crippen molar-refractivity contribution in [2.45, 2.75) is 18.9 Å². The Hall–Kier alpha value is -4.66. The van der Waals surface area contributed by atoms with Crippen LogP contribution in [0.2, 0.25) is 0 Å². The molecule has 1 aliphatic rings. The number of aromatic nitrogens is 2. The smallest absolute Gasteiger partial charge is 0.245 e. The van der Waals surface area contributed by atoms with Crippen molar-refractivity contribution in [2.75, 3.05) is 32.6 Å². The second kappa shape index (κ2) is 11.4. The summed E-state index contributed by atoms with van der Waals surface area (Å²) in [5, 5.41) is 4.05. The van der Waals surface area contributed by atoms with E-state index in [1.165, 1.54) is 18.5 Å². The predicted octanol–water partition coefficient (Wildman–Crippen LogP) is 5.75. The Morgan fingerprint density at radius 3 is 2.51 bits per heavy atom. The lowest BCUT2D eigenvalue weighted by Gasteiger charge is -2.31. The third kappa shape index (κ3) is 5.47. The average molecular weight is 529 g/mol. The van der Waals surface area contributed by atoms with Gasteiger partial charge in [0.2, 0.25) is 5.91 Å². The van der Waals surface area contributed by atoms with Crippen LogP contribution in [0.4, 0.5) is 15.9 Å². The molecule has 1 aromatic heterocycles. The first-order chi connectivity index (χ1) is 19.0. The van der Waals surface area contributed by atoms with Gasteiger partial charge in [-0.15, -0.1) is 0 Å². The number of ether oxygens (including phenoxy) is 3. The van der Waals surface area contributed by atoms with Gasteiger partial charge in [-0.1, -0.05) is 30.8 Å². The zero-order chi connectivity index (χ0) is 27.4. The van der Waals surface area contributed by atoms with E-state index >= 15 is 0 Å². The molecule has 8 nitrogen and oxygen atoms in total. The van der Waals surface area contributed by atoms with Gasteiger partial charge in [-0.2, -0.15) is 0 Å². The van der Waals surface area contributed by atoms with E-state index in [1.54, 1.807) is 49.5 Å². The summed E-state index contributed by atoms with van der Waals surface area (Å²) in [5.41, 5.74) is 2.46. The molecule has 5 rings (SSSR count). The zero-order valence-corrected chi connectivity index (χ0v) is 21.8. The summed E-state index contributed by atoms with van der Waals surface area (Å²) in [7, 11) is 3.16. The van der Waals surface area contributed by atoms with Crippen molar-refractivity contribution >= 4 is 28.3 Å². The Bertz CT molecular complexity index is 1520. The Balaban J connectivity index is 1.46. The van der Waals surface area contributed by atoms with E-state index in [-0.39, 0.29) is 17.8 Å². The summed E-state index contributed by atoms with van der Waals surface area (Å²) in [6.07, 6.45) is 4.10. The minimum Gasteiger partial charge on any atom is -0.495 e. The highest BCUT2D eigenvalue weighted by molar-refractivity contribution is 5.94. The zero-order valence-electron chi connectivity index (χ0n) is 21.8. The van der Waals surface area contributed by atoms with Crippen LogP contribution in [0.15, 0.2) is 73.6 Å². The molecule has 0 saturated carbocycles. The van der Waals surface area contributed by atoms with Crippen LogP contribution in [0.5, 0.6) is 17.2 Å². The average Bonchev–Trinajstić information content (AvgIpc) is 2.97. The SMILES string of the molecule is C=CC(=O)N1CCC(Oc2cc3c(Nc4cc(-c5ccccc5F)ccc4OC)ncnc3cc2OC)CC1. The quantitative estimate of drug-likeness (QED) is 0.291. The Kier molecular flexibility index (Phi) is 7.58.